The highest BCUT2D eigenvalue weighted by Crippen LogP contribution is 2.43. The minimum atomic E-state index is -4.57. The van der Waals surface area contributed by atoms with Gasteiger partial charge in [0.05, 0.1) is 12.7 Å². The van der Waals surface area contributed by atoms with Crippen LogP contribution in [0.4, 0.5) is 13.2 Å². The highest BCUT2D eigenvalue weighted by Gasteiger charge is 2.52. The van der Waals surface area contributed by atoms with E-state index in [1.54, 1.807) is 0 Å². The summed E-state index contributed by atoms with van der Waals surface area (Å²) in [4.78, 5) is 24.8. The Bertz CT molecular complexity index is 607. The fourth-order valence-corrected chi connectivity index (χ4v) is 2.19. The number of halogens is 3. The topological polar surface area (TPSA) is 84.3 Å². The summed E-state index contributed by atoms with van der Waals surface area (Å²) in [5, 5.41) is 8.94. The standard InChI is InChI=1S/C11H13F3N2O4/c1-5-3-16(10(19)15-8(5)18)9-7(11(12,13)14)2-6(4-17)20-9/h3,6-7,9,17H,2,4H2,1H3,(H,15,18,19)/t6-,7-,9-/m0/s1. The van der Waals surface area contributed by atoms with Crippen LogP contribution in [0, 0.1) is 12.8 Å². The quantitative estimate of drug-likeness (QED) is 0.822. The SMILES string of the molecule is Cc1cn([C@H]2O[C@H](CO)C[C@@H]2C(F)(F)F)c(=O)[nH]c1=O. The summed E-state index contributed by atoms with van der Waals surface area (Å²) in [6.07, 6.45) is -6.56. The van der Waals surface area contributed by atoms with Crippen LogP contribution in [-0.2, 0) is 4.74 Å². The molecular formula is C11H13F3N2O4. The van der Waals surface area contributed by atoms with E-state index in [0.29, 0.717) is 4.57 Å². The monoisotopic (exact) mass is 294 g/mol. The van der Waals surface area contributed by atoms with Crippen molar-refractivity contribution in [2.75, 3.05) is 6.61 Å². The predicted molar refractivity (Wildman–Crippen MR) is 61.2 cm³/mol. The maximum Gasteiger partial charge on any atom is 0.396 e. The number of aliphatic hydroxyl groups is 1. The molecule has 0 saturated carbocycles. The van der Waals surface area contributed by atoms with E-state index >= 15 is 0 Å². The van der Waals surface area contributed by atoms with Crippen molar-refractivity contribution in [2.45, 2.75) is 31.9 Å². The Balaban J connectivity index is 2.47. The third-order valence-corrected chi connectivity index (χ3v) is 3.24. The first-order chi connectivity index (χ1) is 9.24. The molecule has 2 N–H and O–H groups in total. The van der Waals surface area contributed by atoms with Crippen LogP contribution in [-0.4, -0.2) is 33.5 Å². The second-order valence-electron chi connectivity index (χ2n) is 4.69. The van der Waals surface area contributed by atoms with Crippen molar-refractivity contribution in [3.63, 3.8) is 0 Å². The zero-order chi connectivity index (χ0) is 15.1. The number of ether oxygens (including phenoxy) is 1. The molecule has 0 unspecified atom stereocenters. The van der Waals surface area contributed by atoms with Crippen LogP contribution >= 0.6 is 0 Å². The number of hydrogen-bond acceptors (Lipinski definition) is 4. The second kappa shape index (κ2) is 5.06. The van der Waals surface area contributed by atoms with Crippen molar-refractivity contribution in [3.05, 3.63) is 32.6 Å². The van der Waals surface area contributed by atoms with Crippen LogP contribution in [0.25, 0.3) is 0 Å². The number of nitrogens with zero attached hydrogens (tertiary/aromatic N) is 1. The molecule has 0 aliphatic carbocycles. The Morgan fingerprint density at radius 2 is 2.15 bits per heavy atom. The van der Waals surface area contributed by atoms with Gasteiger partial charge in [0.15, 0.2) is 0 Å². The van der Waals surface area contributed by atoms with Gasteiger partial charge < -0.3 is 9.84 Å². The van der Waals surface area contributed by atoms with E-state index in [1.165, 1.54) is 6.92 Å². The molecule has 0 bridgehead atoms. The number of nitrogens with one attached hydrogen (secondary N) is 1. The van der Waals surface area contributed by atoms with Crippen LogP contribution in [0.1, 0.15) is 18.2 Å². The van der Waals surface area contributed by atoms with Crippen LogP contribution in [0.3, 0.4) is 0 Å². The van der Waals surface area contributed by atoms with E-state index in [0.717, 1.165) is 6.20 Å². The average molecular weight is 294 g/mol. The number of aliphatic hydroxyl groups excluding tert-OH is 1. The number of H-pyrrole nitrogens is 1. The van der Waals surface area contributed by atoms with Crippen LogP contribution in [0.15, 0.2) is 15.8 Å². The second-order valence-corrected chi connectivity index (χ2v) is 4.69. The number of rotatable bonds is 2. The van der Waals surface area contributed by atoms with Gasteiger partial charge in [-0.2, -0.15) is 13.2 Å². The lowest BCUT2D eigenvalue weighted by Gasteiger charge is -2.22. The molecule has 3 atom stereocenters. The molecule has 9 heteroatoms. The molecule has 1 saturated heterocycles. The van der Waals surface area contributed by atoms with Crippen molar-refractivity contribution in [2.24, 2.45) is 5.92 Å². The summed E-state index contributed by atoms with van der Waals surface area (Å²) >= 11 is 0. The van der Waals surface area contributed by atoms with E-state index in [1.807, 2.05) is 4.98 Å². The lowest BCUT2D eigenvalue weighted by Crippen LogP contribution is -2.38. The first kappa shape index (κ1) is 14.8. The number of aryl methyl sites for hydroxylation is 1. The number of aromatic nitrogens is 2. The predicted octanol–water partition coefficient (Wildman–Crippen LogP) is 0.303. The molecule has 1 aliphatic rings. The van der Waals surface area contributed by atoms with Crippen molar-refractivity contribution < 1.29 is 23.0 Å². The van der Waals surface area contributed by atoms with Gasteiger partial charge in [-0.25, -0.2) is 4.79 Å². The van der Waals surface area contributed by atoms with Gasteiger partial charge in [-0.1, -0.05) is 0 Å². The molecule has 20 heavy (non-hydrogen) atoms. The maximum atomic E-state index is 13.0. The molecule has 0 radical (unpaired) electrons. The highest BCUT2D eigenvalue weighted by atomic mass is 19.4. The van der Waals surface area contributed by atoms with E-state index in [-0.39, 0.29) is 5.56 Å². The van der Waals surface area contributed by atoms with Crippen molar-refractivity contribution in [1.82, 2.24) is 9.55 Å². The van der Waals surface area contributed by atoms with E-state index in [2.05, 4.69) is 0 Å². The van der Waals surface area contributed by atoms with E-state index in [9.17, 15) is 22.8 Å². The van der Waals surface area contributed by atoms with E-state index < -0.39 is 48.7 Å². The summed E-state index contributed by atoms with van der Waals surface area (Å²) in [5.41, 5.74) is -1.54. The zero-order valence-corrected chi connectivity index (χ0v) is 10.5. The molecule has 1 aliphatic heterocycles. The minimum absolute atomic E-state index is 0.0987. The smallest absolute Gasteiger partial charge is 0.394 e. The summed E-state index contributed by atoms with van der Waals surface area (Å²) in [6.45, 7) is 0.802. The van der Waals surface area contributed by atoms with Gasteiger partial charge in [-0.05, 0) is 13.3 Å². The average Bonchev–Trinajstić information content (AvgIpc) is 2.77. The van der Waals surface area contributed by atoms with Gasteiger partial charge in [0, 0.05) is 11.8 Å². The van der Waals surface area contributed by atoms with Gasteiger partial charge in [-0.15, -0.1) is 0 Å². The van der Waals surface area contributed by atoms with Crippen LogP contribution < -0.4 is 11.2 Å². The first-order valence-electron chi connectivity index (χ1n) is 5.89. The molecule has 1 fully saturated rings. The molecule has 1 aromatic heterocycles. The van der Waals surface area contributed by atoms with E-state index in [4.69, 9.17) is 9.84 Å². The maximum absolute atomic E-state index is 13.0. The fourth-order valence-electron chi connectivity index (χ4n) is 2.19. The number of alkyl halides is 3. The van der Waals surface area contributed by atoms with Crippen molar-refractivity contribution in [3.8, 4) is 0 Å². The summed E-state index contributed by atoms with van der Waals surface area (Å²) in [6, 6.07) is 0. The highest BCUT2D eigenvalue weighted by molar-refractivity contribution is 5.02. The summed E-state index contributed by atoms with van der Waals surface area (Å²) in [7, 11) is 0. The Hall–Kier alpha value is -1.61. The number of aromatic amines is 1. The third-order valence-electron chi connectivity index (χ3n) is 3.24. The fraction of sp³-hybridized carbons (Fsp3) is 0.636. The van der Waals surface area contributed by atoms with Crippen molar-refractivity contribution in [1.29, 1.82) is 0 Å². The third kappa shape index (κ3) is 2.63. The Morgan fingerprint density at radius 1 is 1.50 bits per heavy atom. The first-order valence-corrected chi connectivity index (χ1v) is 5.89. The molecular weight excluding hydrogens is 281 g/mol. The zero-order valence-electron chi connectivity index (χ0n) is 10.5. The Labute approximate surface area is 110 Å². The molecule has 0 spiro atoms. The van der Waals surface area contributed by atoms with Gasteiger partial charge in [-0.3, -0.25) is 14.3 Å². The minimum Gasteiger partial charge on any atom is -0.394 e. The Morgan fingerprint density at radius 3 is 2.70 bits per heavy atom. The summed E-state index contributed by atoms with van der Waals surface area (Å²) in [5.74, 6) is -1.91. The molecule has 1 aromatic rings. The van der Waals surface area contributed by atoms with Gasteiger partial charge in [0.1, 0.15) is 12.1 Å². The van der Waals surface area contributed by atoms with Crippen LogP contribution in [0.5, 0.6) is 0 Å². The number of hydrogen-bond donors (Lipinski definition) is 2. The van der Waals surface area contributed by atoms with Crippen LogP contribution in [0.2, 0.25) is 0 Å². The molecule has 112 valence electrons. The molecule has 6 nitrogen and oxygen atoms in total. The summed E-state index contributed by atoms with van der Waals surface area (Å²) < 4.78 is 44.7. The lowest BCUT2D eigenvalue weighted by atomic mass is 10.0. The molecule has 0 aromatic carbocycles. The van der Waals surface area contributed by atoms with Crippen molar-refractivity contribution >= 4 is 0 Å². The molecule has 2 rings (SSSR count). The van der Waals surface area contributed by atoms with Gasteiger partial charge in [0.25, 0.3) is 5.56 Å². The molecule has 0 amide bonds. The van der Waals surface area contributed by atoms with Gasteiger partial charge >= 0.3 is 11.9 Å². The Kier molecular flexibility index (Phi) is 3.74. The largest absolute Gasteiger partial charge is 0.396 e. The normalized spacial score (nSPS) is 26.9. The van der Waals surface area contributed by atoms with Gasteiger partial charge in [0.2, 0.25) is 0 Å². The lowest BCUT2D eigenvalue weighted by molar-refractivity contribution is -0.198. The molecule has 2 heterocycles.